The van der Waals surface area contributed by atoms with Crippen molar-refractivity contribution in [3.63, 3.8) is 0 Å². The summed E-state index contributed by atoms with van der Waals surface area (Å²) in [6.45, 7) is 2.67. The predicted octanol–water partition coefficient (Wildman–Crippen LogP) is 2.58. The van der Waals surface area contributed by atoms with Crippen molar-refractivity contribution >= 4 is 17.5 Å². The second kappa shape index (κ2) is 6.06. The molecule has 2 aromatic rings. The lowest BCUT2D eigenvalue weighted by atomic mass is 10.0. The third-order valence-electron chi connectivity index (χ3n) is 3.08. The number of nitrogens with zero attached hydrogens (tertiary/aromatic N) is 1. The average Bonchev–Trinajstić information content (AvgIpc) is 2.46. The average molecular weight is 271 g/mol. The van der Waals surface area contributed by atoms with Gasteiger partial charge in [-0.05, 0) is 17.5 Å². The predicted molar refractivity (Wildman–Crippen MR) is 79.0 cm³/mol. The van der Waals surface area contributed by atoms with Crippen LogP contribution < -0.4 is 11.1 Å². The summed E-state index contributed by atoms with van der Waals surface area (Å²) >= 11 is 0. The van der Waals surface area contributed by atoms with Gasteiger partial charge in [0.15, 0.2) is 0 Å². The molecule has 1 aromatic carbocycles. The Balaban J connectivity index is 2.09. The lowest BCUT2D eigenvalue weighted by Crippen LogP contribution is -2.14. The summed E-state index contributed by atoms with van der Waals surface area (Å²) in [5.74, 6) is -0.452. The van der Waals surface area contributed by atoms with Crippen LogP contribution in [-0.2, 0) is 0 Å². The first-order valence-corrected chi connectivity index (χ1v) is 6.35. The van der Waals surface area contributed by atoms with Crippen LogP contribution >= 0.6 is 0 Å². The fourth-order valence-corrected chi connectivity index (χ4v) is 1.93. The zero-order chi connectivity index (χ0) is 14.5. The number of hydrogen-bond acceptors (Lipinski definition) is 4. The Hall–Kier alpha value is -2.56. The molecule has 0 aliphatic rings. The first-order chi connectivity index (χ1) is 9.58. The van der Waals surface area contributed by atoms with E-state index in [-0.39, 0.29) is 11.5 Å². The van der Waals surface area contributed by atoms with Gasteiger partial charge in [-0.2, -0.15) is 0 Å². The van der Waals surface area contributed by atoms with E-state index in [4.69, 9.17) is 10.8 Å². The molecule has 104 valence electrons. The molecule has 0 fully saturated rings. The van der Waals surface area contributed by atoms with Crippen molar-refractivity contribution < 1.29 is 9.90 Å². The second-order valence-electron chi connectivity index (χ2n) is 4.66. The number of hydrogen-bond donors (Lipinski definition) is 3. The summed E-state index contributed by atoms with van der Waals surface area (Å²) in [5, 5.41) is 12.2. The van der Waals surface area contributed by atoms with E-state index in [2.05, 4.69) is 17.2 Å². The summed E-state index contributed by atoms with van der Waals surface area (Å²) in [4.78, 5) is 15.2. The minimum Gasteiger partial charge on any atom is -0.478 e. The van der Waals surface area contributed by atoms with E-state index in [1.54, 1.807) is 0 Å². The molecule has 1 unspecified atom stereocenters. The zero-order valence-corrected chi connectivity index (χ0v) is 11.2. The maximum atomic E-state index is 11.2. The molecule has 20 heavy (non-hydrogen) atoms. The van der Waals surface area contributed by atoms with E-state index in [0.29, 0.717) is 18.1 Å². The van der Waals surface area contributed by atoms with Gasteiger partial charge in [-0.1, -0.05) is 37.3 Å². The van der Waals surface area contributed by atoms with Crippen LogP contribution in [0, 0.1) is 0 Å². The Morgan fingerprint density at radius 1 is 1.40 bits per heavy atom. The van der Waals surface area contributed by atoms with E-state index >= 15 is 0 Å². The van der Waals surface area contributed by atoms with Gasteiger partial charge in [-0.15, -0.1) is 0 Å². The third-order valence-corrected chi connectivity index (χ3v) is 3.08. The molecule has 5 nitrogen and oxygen atoms in total. The van der Waals surface area contributed by atoms with Gasteiger partial charge >= 0.3 is 5.97 Å². The molecule has 0 spiro atoms. The maximum absolute atomic E-state index is 11.2. The van der Waals surface area contributed by atoms with Crippen LogP contribution in [-0.4, -0.2) is 22.6 Å². The van der Waals surface area contributed by atoms with Crippen LogP contribution in [0.1, 0.15) is 28.8 Å². The van der Waals surface area contributed by atoms with E-state index in [0.717, 1.165) is 0 Å². The molecule has 5 heteroatoms. The highest BCUT2D eigenvalue weighted by atomic mass is 16.4. The van der Waals surface area contributed by atoms with Crippen molar-refractivity contribution in [3.05, 3.63) is 53.7 Å². The van der Waals surface area contributed by atoms with Crippen molar-refractivity contribution in [3.8, 4) is 0 Å². The molecule has 0 aliphatic carbocycles. The number of carboxylic acids is 1. The standard InChI is InChI=1S/C15H17N3O2/c1-10(11-5-3-2-4-6-11)8-17-14-13(15(19)20)7-12(16)9-18-14/h2-7,9-10H,8,16H2,1H3,(H,17,18)(H,19,20). The van der Waals surface area contributed by atoms with E-state index in [1.165, 1.54) is 17.8 Å². The number of aromatic nitrogens is 1. The summed E-state index contributed by atoms with van der Waals surface area (Å²) in [6.07, 6.45) is 1.45. The number of nitrogens with one attached hydrogen (secondary N) is 1. The van der Waals surface area contributed by atoms with Gasteiger partial charge in [-0.25, -0.2) is 9.78 Å². The zero-order valence-electron chi connectivity index (χ0n) is 11.2. The van der Waals surface area contributed by atoms with E-state index < -0.39 is 5.97 Å². The topological polar surface area (TPSA) is 88.2 Å². The summed E-state index contributed by atoms with van der Waals surface area (Å²) in [5.41, 5.74) is 7.17. The van der Waals surface area contributed by atoms with Gasteiger partial charge in [0.05, 0.1) is 11.9 Å². The molecule has 0 saturated carbocycles. The lowest BCUT2D eigenvalue weighted by molar-refractivity contribution is 0.0697. The molecule has 1 atom stereocenters. The third kappa shape index (κ3) is 3.26. The maximum Gasteiger partial charge on any atom is 0.339 e. The Labute approximate surface area is 117 Å². The molecular formula is C15H17N3O2. The molecule has 0 bridgehead atoms. The monoisotopic (exact) mass is 271 g/mol. The van der Waals surface area contributed by atoms with Gasteiger partial charge in [-0.3, -0.25) is 0 Å². The van der Waals surface area contributed by atoms with Gasteiger partial charge in [0.1, 0.15) is 11.4 Å². The minimum atomic E-state index is -1.04. The minimum absolute atomic E-state index is 0.0882. The van der Waals surface area contributed by atoms with Crippen molar-refractivity contribution in [1.29, 1.82) is 0 Å². The molecule has 0 radical (unpaired) electrons. The van der Waals surface area contributed by atoms with Crippen LogP contribution in [0.25, 0.3) is 0 Å². The molecule has 0 amide bonds. The number of nitrogen functional groups attached to an aromatic ring is 1. The van der Waals surface area contributed by atoms with Crippen LogP contribution in [0.4, 0.5) is 11.5 Å². The number of aromatic carboxylic acids is 1. The fourth-order valence-electron chi connectivity index (χ4n) is 1.93. The van der Waals surface area contributed by atoms with Crippen molar-refractivity contribution in [2.24, 2.45) is 0 Å². The normalized spacial score (nSPS) is 11.8. The molecular weight excluding hydrogens is 254 g/mol. The Morgan fingerprint density at radius 2 is 2.10 bits per heavy atom. The van der Waals surface area contributed by atoms with Gasteiger partial charge in [0, 0.05) is 6.54 Å². The van der Waals surface area contributed by atoms with Crippen LogP contribution in [0.3, 0.4) is 0 Å². The van der Waals surface area contributed by atoms with Gasteiger partial charge < -0.3 is 16.2 Å². The molecule has 1 aromatic heterocycles. The molecule has 0 aliphatic heterocycles. The quantitative estimate of drug-likeness (QED) is 0.777. The Morgan fingerprint density at radius 3 is 2.75 bits per heavy atom. The van der Waals surface area contributed by atoms with Gasteiger partial charge in [0.2, 0.25) is 0 Å². The number of carboxylic acid groups (broad SMARTS) is 1. The second-order valence-corrected chi connectivity index (χ2v) is 4.66. The van der Waals surface area contributed by atoms with Crippen LogP contribution in [0.2, 0.25) is 0 Å². The largest absolute Gasteiger partial charge is 0.478 e. The molecule has 2 rings (SSSR count). The smallest absolute Gasteiger partial charge is 0.339 e. The van der Waals surface area contributed by atoms with Gasteiger partial charge in [0.25, 0.3) is 0 Å². The number of anilines is 2. The van der Waals surface area contributed by atoms with Crippen LogP contribution in [0.5, 0.6) is 0 Å². The Bertz CT molecular complexity index is 599. The highest BCUT2D eigenvalue weighted by Gasteiger charge is 2.13. The number of nitrogens with two attached hydrogens (primary N) is 1. The van der Waals surface area contributed by atoms with Crippen LogP contribution in [0.15, 0.2) is 42.6 Å². The molecule has 4 N–H and O–H groups in total. The van der Waals surface area contributed by atoms with E-state index in [9.17, 15) is 4.79 Å². The van der Waals surface area contributed by atoms with Crippen molar-refractivity contribution in [2.45, 2.75) is 12.8 Å². The number of rotatable bonds is 5. The highest BCUT2D eigenvalue weighted by molar-refractivity contribution is 5.94. The molecule has 1 heterocycles. The lowest BCUT2D eigenvalue weighted by Gasteiger charge is -2.14. The van der Waals surface area contributed by atoms with E-state index in [1.807, 2.05) is 30.3 Å². The summed E-state index contributed by atoms with van der Waals surface area (Å²) in [7, 11) is 0. The number of pyridine rings is 1. The SMILES string of the molecule is CC(CNc1ncc(N)cc1C(=O)O)c1ccccc1. The summed E-state index contributed by atoms with van der Waals surface area (Å²) < 4.78 is 0. The van der Waals surface area contributed by atoms with Crippen molar-refractivity contribution in [2.75, 3.05) is 17.6 Å². The van der Waals surface area contributed by atoms with Crippen molar-refractivity contribution in [1.82, 2.24) is 4.98 Å². The number of carbonyl (C=O) groups is 1. The number of benzene rings is 1. The summed E-state index contributed by atoms with van der Waals surface area (Å²) in [6, 6.07) is 11.4. The molecule has 0 saturated heterocycles. The highest BCUT2D eigenvalue weighted by Crippen LogP contribution is 2.19. The fraction of sp³-hybridized carbons (Fsp3) is 0.200. The first kappa shape index (κ1) is 13.9. The Kier molecular flexibility index (Phi) is 4.20. The first-order valence-electron chi connectivity index (χ1n) is 6.35.